The minimum Gasteiger partial charge on any atom is -0.376 e. The van der Waals surface area contributed by atoms with E-state index in [0.717, 1.165) is 16.7 Å². The fourth-order valence-corrected chi connectivity index (χ4v) is 2.49. The molecule has 2 aromatic rings. The van der Waals surface area contributed by atoms with Crippen LogP contribution >= 0.6 is 0 Å². The highest BCUT2D eigenvalue weighted by Gasteiger charge is 2.22. The monoisotopic (exact) mass is 253 g/mol. The molecule has 1 atom stereocenters. The van der Waals surface area contributed by atoms with Crippen molar-refractivity contribution in [1.82, 2.24) is 0 Å². The van der Waals surface area contributed by atoms with Gasteiger partial charge in [-0.05, 0) is 41.0 Å². The van der Waals surface area contributed by atoms with Gasteiger partial charge in [0.15, 0.2) is 0 Å². The van der Waals surface area contributed by atoms with Crippen LogP contribution in [0, 0.1) is 17.1 Å². The predicted octanol–water partition coefficient (Wildman–Crippen LogP) is 3.36. The number of nitriles is 1. The summed E-state index contributed by atoms with van der Waals surface area (Å²) in [6, 6.07) is 14.3. The van der Waals surface area contributed by atoms with E-state index in [2.05, 4.69) is 6.07 Å². The van der Waals surface area contributed by atoms with Gasteiger partial charge >= 0.3 is 0 Å². The zero-order valence-corrected chi connectivity index (χ0v) is 10.3. The maximum atomic E-state index is 13.0. The van der Waals surface area contributed by atoms with Gasteiger partial charge < -0.3 is 4.74 Å². The lowest BCUT2D eigenvalue weighted by molar-refractivity contribution is 0.0994. The Labute approximate surface area is 111 Å². The van der Waals surface area contributed by atoms with E-state index in [1.165, 1.54) is 12.1 Å². The summed E-state index contributed by atoms with van der Waals surface area (Å²) < 4.78 is 18.6. The Kier molecular flexibility index (Phi) is 3.02. The fraction of sp³-hybridized carbons (Fsp3) is 0.188. The van der Waals surface area contributed by atoms with Crippen molar-refractivity contribution in [3.8, 4) is 6.07 Å². The van der Waals surface area contributed by atoms with Crippen LogP contribution in [-0.4, -0.2) is 6.61 Å². The summed E-state index contributed by atoms with van der Waals surface area (Å²) in [4.78, 5) is 0. The highest BCUT2D eigenvalue weighted by molar-refractivity contribution is 5.44. The Balaban J connectivity index is 2.03. The molecule has 19 heavy (non-hydrogen) atoms. The molecule has 3 rings (SSSR count). The van der Waals surface area contributed by atoms with Crippen LogP contribution in [0.15, 0.2) is 42.5 Å². The third-order valence-corrected chi connectivity index (χ3v) is 3.46. The van der Waals surface area contributed by atoms with Crippen molar-refractivity contribution in [2.75, 3.05) is 6.61 Å². The third-order valence-electron chi connectivity index (χ3n) is 3.46. The number of rotatable bonds is 1. The predicted molar refractivity (Wildman–Crippen MR) is 69.1 cm³/mol. The average molecular weight is 253 g/mol. The Hall–Kier alpha value is -2.18. The topological polar surface area (TPSA) is 33.0 Å². The lowest BCUT2D eigenvalue weighted by Gasteiger charge is -2.26. The second-order valence-corrected chi connectivity index (χ2v) is 4.64. The molecule has 0 N–H and O–H groups in total. The highest BCUT2D eigenvalue weighted by atomic mass is 19.1. The minimum absolute atomic E-state index is 0.108. The molecule has 0 saturated heterocycles. The van der Waals surface area contributed by atoms with Gasteiger partial charge in [-0.3, -0.25) is 0 Å². The lowest BCUT2D eigenvalue weighted by atomic mass is 9.86. The van der Waals surface area contributed by atoms with Gasteiger partial charge in [-0.25, -0.2) is 4.39 Å². The summed E-state index contributed by atoms with van der Waals surface area (Å²) in [5.74, 6) is -0.127. The van der Waals surface area contributed by atoms with Crippen LogP contribution < -0.4 is 0 Å². The molecule has 0 radical (unpaired) electrons. The molecular formula is C16H12FNO. The van der Waals surface area contributed by atoms with Crippen molar-refractivity contribution in [2.45, 2.75) is 12.5 Å². The van der Waals surface area contributed by atoms with Crippen LogP contribution in [0.5, 0.6) is 0 Å². The quantitative estimate of drug-likeness (QED) is 0.780. The molecule has 1 aliphatic rings. The van der Waals surface area contributed by atoms with E-state index in [0.29, 0.717) is 18.8 Å². The van der Waals surface area contributed by atoms with Crippen molar-refractivity contribution in [2.24, 2.45) is 0 Å². The zero-order chi connectivity index (χ0) is 13.2. The number of ether oxygens (including phenoxy) is 1. The molecule has 0 aromatic heterocycles. The Morgan fingerprint density at radius 3 is 2.68 bits per heavy atom. The van der Waals surface area contributed by atoms with Gasteiger partial charge in [0.2, 0.25) is 0 Å². The van der Waals surface area contributed by atoms with Crippen molar-refractivity contribution < 1.29 is 9.13 Å². The van der Waals surface area contributed by atoms with Crippen LogP contribution in [0.25, 0.3) is 0 Å². The maximum absolute atomic E-state index is 13.0. The Morgan fingerprint density at radius 1 is 1.16 bits per heavy atom. The zero-order valence-electron chi connectivity index (χ0n) is 10.3. The van der Waals surface area contributed by atoms with E-state index in [1.54, 1.807) is 12.1 Å². The summed E-state index contributed by atoms with van der Waals surface area (Å²) >= 11 is 0. The van der Waals surface area contributed by atoms with Gasteiger partial charge in [-0.1, -0.05) is 18.2 Å². The van der Waals surface area contributed by atoms with Gasteiger partial charge in [0, 0.05) is 5.92 Å². The summed E-state index contributed by atoms with van der Waals surface area (Å²) in [6.45, 7) is 1.12. The fourth-order valence-electron chi connectivity index (χ4n) is 2.49. The number of nitrogens with zero attached hydrogens (tertiary/aromatic N) is 1. The molecule has 0 spiro atoms. The third kappa shape index (κ3) is 2.23. The molecule has 2 nitrogen and oxygen atoms in total. The van der Waals surface area contributed by atoms with Gasteiger partial charge in [-0.15, -0.1) is 0 Å². The number of fused-ring (bicyclic) bond motifs is 1. The van der Waals surface area contributed by atoms with E-state index < -0.39 is 0 Å². The number of hydrogen-bond donors (Lipinski definition) is 0. The molecule has 2 aromatic carbocycles. The first kappa shape index (κ1) is 11.9. The van der Waals surface area contributed by atoms with E-state index >= 15 is 0 Å². The number of halogens is 1. The van der Waals surface area contributed by atoms with E-state index in [9.17, 15) is 4.39 Å². The van der Waals surface area contributed by atoms with Gasteiger partial charge in [0.05, 0.1) is 24.8 Å². The molecule has 3 heteroatoms. The van der Waals surface area contributed by atoms with E-state index in [-0.39, 0.29) is 11.7 Å². The van der Waals surface area contributed by atoms with Crippen molar-refractivity contribution in [1.29, 1.82) is 5.26 Å². The first-order chi connectivity index (χ1) is 9.28. The molecule has 0 aliphatic carbocycles. The van der Waals surface area contributed by atoms with Gasteiger partial charge in [-0.2, -0.15) is 5.26 Å². The van der Waals surface area contributed by atoms with Crippen LogP contribution in [0.4, 0.5) is 4.39 Å². The van der Waals surface area contributed by atoms with Crippen molar-refractivity contribution >= 4 is 0 Å². The molecule has 1 heterocycles. The van der Waals surface area contributed by atoms with E-state index in [1.807, 2.05) is 18.2 Å². The van der Waals surface area contributed by atoms with Crippen LogP contribution in [-0.2, 0) is 11.3 Å². The van der Waals surface area contributed by atoms with Gasteiger partial charge in [0.25, 0.3) is 0 Å². The first-order valence-corrected chi connectivity index (χ1v) is 6.14. The lowest BCUT2D eigenvalue weighted by Crippen LogP contribution is -2.17. The summed E-state index contributed by atoms with van der Waals surface area (Å²) in [6.07, 6.45) is 0. The van der Waals surface area contributed by atoms with Crippen molar-refractivity contribution in [3.63, 3.8) is 0 Å². The molecule has 94 valence electrons. The molecule has 1 unspecified atom stereocenters. The first-order valence-electron chi connectivity index (χ1n) is 6.14. The molecule has 0 fully saturated rings. The summed E-state index contributed by atoms with van der Waals surface area (Å²) in [5, 5.41) is 8.92. The Morgan fingerprint density at radius 2 is 1.95 bits per heavy atom. The van der Waals surface area contributed by atoms with Crippen LogP contribution in [0.2, 0.25) is 0 Å². The number of benzene rings is 2. The Bertz CT molecular complexity index is 643. The summed E-state index contributed by atoms with van der Waals surface area (Å²) in [7, 11) is 0. The van der Waals surface area contributed by atoms with Crippen molar-refractivity contribution in [3.05, 3.63) is 70.5 Å². The molecule has 0 amide bonds. The standard InChI is InChI=1S/C16H12FNO/c17-14-4-2-12(3-5-14)16-10-19-9-13-7-11(8-18)1-6-15(13)16/h1-7,16H,9-10H2. The maximum Gasteiger partial charge on any atom is 0.123 e. The minimum atomic E-state index is -0.236. The molecule has 1 aliphatic heterocycles. The smallest absolute Gasteiger partial charge is 0.123 e. The second kappa shape index (κ2) is 4.83. The van der Waals surface area contributed by atoms with Gasteiger partial charge in [0.1, 0.15) is 5.82 Å². The second-order valence-electron chi connectivity index (χ2n) is 4.64. The molecule has 0 bridgehead atoms. The number of hydrogen-bond acceptors (Lipinski definition) is 2. The normalized spacial score (nSPS) is 17.6. The SMILES string of the molecule is N#Cc1ccc2c(c1)COCC2c1ccc(F)cc1. The van der Waals surface area contributed by atoms with E-state index in [4.69, 9.17) is 10.00 Å². The van der Waals surface area contributed by atoms with Crippen LogP contribution in [0.3, 0.4) is 0 Å². The van der Waals surface area contributed by atoms with Crippen LogP contribution in [0.1, 0.15) is 28.2 Å². The highest BCUT2D eigenvalue weighted by Crippen LogP contribution is 2.32. The summed E-state index contributed by atoms with van der Waals surface area (Å²) in [5.41, 5.74) is 3.88. The molecule has 0 saturated carbocycles. The largest absolute Gasteiger partial charge is 0.376 e. The molecular weight excluding hydrogens is 241 g/mol. The average Bonchev–Trinajstić information content (AvgIpc) is 2.47.